The number of carbonyl (C=O) groups excluding carboxylic acids is 1. The van der Waals surface area contributed by atoms with E-state index in [1.807, 2.05) is 20.8 Å². The number of hydrogen-bond donors (Lipinski definition) is 1. The highest BCUT2D eigenvalue weighted by Gasteiger charge is 2.27. The van der Waals surface area contributed by atoms with Crippen LogP contribution in [0, 0.1) is 5.92 Å². The van der Waals surface area contributed by atoms with Crippen molar-refractivity contribution in [1.82, 2.24) is 9.62 Å². The zero-order chi connectivity index (χ0) is 16.9. The maximum Gasteiger partial charge on any atom is 0.304 e. The highest BCUT2D eigenvalue weighted by atomic mass is 32.2. The predicted octanol–water partition coefficient (Wildman–Crippen LogP) is 1.46. The Balaban J connectivity index is 3.01. The van der Waals surface area contributed by atoms with Gasteiger partial charge in [0, 0.05) is 20.1 Å². The summed E-state index contributed by atoms with van der Waals surface area (Å²) in [5.41, 5.74) is 0.462. The number of rotatable bonds is 7. The number of hydrogen-bond acceptors (Lipinski definition) is 3. The first kappa shape index (κ1) is 18.4. The number of nitrogens with one attached hydrogen (secondary N) is 1. The molecule has 0 spiro atoms. The van der Waals surface area contributed by atoms with E-state index in [0.717, 1.165) is 8.61 Å². The Bertz CT molecular complexity index is 585. The molecule has 22 heavy (non-hydrogen) atoms. The van der Waals surface area contributed by atoms with Gasteiger partial charge in [0.1, 0.15) is 6.54 Å². The largest absolute Gasteiger partial charge is 0.352 e. The van der Waals surface area contributed by atoms with Crippen LogP contribution < -0.4 is 9.62 Å². The Hall–Kier alpha value is -1.60. The van der Waals surface area contributed by atoms with E-state index in [2.05, 4.69) is 5.32 Å². The van der Waals surface area contributed by atoms with Crippen LogP contribution in [-0.2, 0) is 15.0 Å². The van der Waals surface area contributed by atoms with Gasteiger partial charge in [-0.05, 0) is 25.0 Å². The Morgan fingerprint density at radius 1 is 1.14 bits per heavy atom. The SMILES string of the molecule is CC(C)C(C)NC(=O)CN(c1ccccc1)S(=O)(=O)N(C)C. The Kier molecular flexibility index (Phi) is 6.37. The molecule has 1 N–H and O–H groups in total. The topological polar surface area (TPSA) is 69.7 Å². The van der Waals surface area contributed by atoms with Crippen LogP contribution in [-0.4, -0.2) is 45.3 Å². The van der Waals surface area contributed by atoms with E-state index in [9.17, 15) is 13.2 Å². The van der Waals surface area contributed by atoms with Gasteiger partial charge in [0.25, 0.3) is 0 Å². The normalized spacial score (nSPS) is 13.2. The second-order valence-electron chi connectivity index (χ2n) is 5.73. The third-order valence-electron chi connectivity index (χ3n) is 3.46. The van der Waals surface area contributed by atoms with Gasteiger partial charge in [0.15, 0.2) is 0 Å². The van der Waals surface area contributed by atoms with Crippen LogP contribution in [0.1, 0.15) is 20.8 Å². The smallest absolute Gasteiger partial charge is 0.304 e. The maximum atomic E-state index is 12.5. The minimum Gasteiger partial charge on any atom is -0.352 e. The summed E-state index contributed by atoms with van der Waals surface area (Å²) >= 11 is 0. The predicted molar refractivity (Wildman–Crippen MR) is 88.8 cm³/mol. The van der Waals surface area contributed by atoms with Gasteiger partial charge < -0.3 is 5.32 Å². The lowest BCUT2D eigenvalue weighted by Gasteiger charge is -2.28. The quantitative estimate of drug-likeness (QED) is 0.824. The van der Waals surface area contributed by atoms with Crippen molar-refractivity contribution in [2.75, 3.05) is 24.9 Å². The van der Waals surface area contributed by atoms with Crippen molar-refractivity contribution in [3.63, 3.8) is 0 Å². The lowest BCUT2D eigenvalue weighted by atomic mass is 10.1. The molecule has 0 aliphatic carbocycles. The molecule has 1 amide bonds. The minimum atomic E-state index is -3.74. The number of benzene rings is 1. The molecule has 7 heteroatoms. The van der Waals surface area contributed by atoms with Crippen LogP contribution in [0.3, 0.4) is 0 Å². The average Bonchev–Trinajstić information content (AvgIpc) is 2.45. The third-order valence-corrected chi connectivity index (χ3v) is 5.28. The van der Waals surface area contributed by atoms with E-state index in [1.165, 1.54) is 14.1 Å². The molecular formula is C15H25N3O3S. The van der Waals surface area contributed by atoms with Gasteiger partial charge in [-0.15, -0.1) is 0 Å². The van der Waals surface area contributed by atoms with Crippen molar-refractivity contribution >= 4 is 21.8 Å². The molecule has 0 aliphatic rings. The molecule has 0 bridgehead atoms. The molecule has 0 aliphatic heterocycles. The second-order valence-corrected chi connectivity index (χ2v) is 7.80. The van der Waals surface area contributed by atoms with Gasteiger partial charge in [0.2, 0.25) is 5.91 Å². The highest BCUT2D eigenvalue weighted by molar-refractivity contribution is 7.90. The standard InChI is InChI=1S/C15H25N3O3S/c1-12(2)13(3)16-15(19)11-18(22(20,21)17(4)5)14-9-7-6-8-10-14/h6-10,12-13H,11H2,1-5H3,(H,16,19). The molecule has 1 rings (SSSR count). The van der Waals surface area contributed by atoms with Crippen molar-refractivity contribution in [2.45, 2.75) is 26.8 Å². The Morgan fingerprint density at radius 3 is 2.14 bits per heavy atom. The van der Waals surface area contributed by atoms with Gasteiger partial charge in [-0.1, -0.05) is 32.0 Å². The number of para-hydroxylation sites is 1. The zero-order valence-corrected chi connectivity index (χ0v) is 14.6. The van der Waals surface area contributed by atoms with E-state index in [0.29, 0.717) is 5.69 Å². The molecule has 1 aromatic carbocycles. The molecule has 1 unspecified atom stereocenters. The fraction of sp³-hybridized carbons (Fsp3) is 0.533. The van der Waals surface area contributed by atoms with Crippen molar-refractivity contribution in [1.29, 1.82) is 0 Å². The van der Waals surface area contributed by atoms with Crippen LogP contribution in [0.4, 0.5) is 5.69 Å². The first-order valence-corrected chi connectivity index (χ1v) is 8.60. The molecule has 0 saturated carbocycles. The molecule has 0 heterocycles. The van der Waals surface area contributed by atoms with Gasteiger partial charge in [-0.25, -0.2) is 4.31 Å². The summed E-state index contributed by atoms with van der Waals surface area (Å²) in [5, 5.41) is 2.83. The molecule has 1 aromatic rings. The molecule has 0 radical (unpaired) electrons. The monoisotopic (exact) mass is 327 g/mol. The first-order valence-electron chi connectivity index (χ1n) is 7.21. The van der Waals surface area contributed by atoms with E-state index < -0.39 is 10.2 Å². The summed E-state index contributed by atoms with van der Waals surface area (Å²) in [6.07, 6.45) is 0. The minimum absolute atomic E-state index is 0.0211. The van der Waals surface area contributed by atoms with Crippen molar-refractivity contribution in [3.05, 3.63) is 30.3 Å². The van der Waals surface area contributed by atoms with Crippen LogP contribution in [0.5, 0.6) is 0 Å². The fourth-order valence-corrected chi connectivity index (χ4v) is 2.76. The van der Waals surface area contributed by atoms with Crippen LogP contribution in [0.25, 0.3) is 0 Å². The summed E-state index contributed by atoms with van der Waals surface area (Å²) < 4.78 is 27.1. The summed E-state index contributed by atoms with van der Waals surface area (Å²) in [5.74, 6) is -0.0462. The lowest BCUT2D eigenvalue weighted by molar-refractivity contribution is -0.120. The van der Waals surface area contributed by atoms with E-state index in [4.69, 9.17) is 0 Å². The zero-order valence-electron chi connectivity index (χ0n) is 13.8. The number of carbonyl (C=O) groups is 1. The molecule has 124 valence electrons. The summed E-state index contributed by atoms with van der Waals surface area (Å²) in [6, 6.07) is 8.59. The van der Waals surface area contributed by atoms with Crippen LogP contribution in [0.2, 0.25) is 0 Å². The van der Waals surface area contributed by atoms with E-state index >= 15 is 0 Å². The van der Waals surface area contributed by atoms with Crippen molar-refractivity contribution < 1.29 is 13.2 Å². The van der Waals surface area contributed by atoms with E-state index in [-0.39, 0.29) is 24.4 Å². The lowest BCUT2D eigenvalue weighted by Crippen LogP contribution is -2.48. The summed E-state index contributed by atoms with van der Waals surface area (Å²) in [6.45, 7) is 5.64. The Labute approximate surface area is 133 Å². The van der Waals surface area contributed by atoms with Crippen LogP contribution in [0.15, 0.2) is 30.3 Å². The molecule has 0 saturated heterocycles. The fourth-order valence-electron chi connectivity index (χ4n) is 1.69. The van der Waals surface area contributed by atoms with E-state index in [1.54, 1.807) is 30.3 Å². The highest BCUT2D eigenvalue weighted by Crippen LogP contribution is 2.18. The average molecular weight is 327 g/mol. The molecule has 6 nitrogen and oxygen atoms in total. The summed E-state index contributed by atoms with van der Waals surface area (Å²) in [4.78, 5) is 12.2. The van der Waals surface area contributed by atoms with Gasteiger partial charge in [-0.2, -0.15) is 12.7 Å². The third kappa shape index (κ3) is 4.71. The first-order chi connectivity index (χ1) is 10.2. The summed E-state index contributed by atoms with van der Waals surface area (Å²) in [7, 11) is -0.849. The molecular weight excluding hydrogens is 302 g/mol. The number of anilines is 1. The molecule has 1 atom stereocenters. The number of nitrogens with zero attached hydrogens (tertiary/aromatic N) is 2. The molecule has 0 aromatic heterocycles. The van der Waals surface area contributed by atoms with Gasteiger partial charge in [0.05, 0.1) is 5.69 Å². The van der Waals surface area contributed by atoms with Gasteiger partial charge >= 0.3 is 10.2 Å². The van der Waals surface area contributed by atoms with Crippen molar-refractivity contribution in [3.8, 4) is 0 Å². The maximum absolute atomic E-state index is 12.5. The second kappa shape index (κ2) is 7.60. The van der Waals surface area contributed by atoms with Gasteiger partial charge in [-0.3, -0.25) is 4.79 Å². The number of amides is 1. The Morgan fingerprint density at radius 2 is 1.68 bits per heavy atom. The van der Waals surface area contributed by atoms with Crippen molar-refractivity contribution in [2.24, 2.45) is 5.92 Å². The van der Waals surface area contributed by atoms with Crippen LogP contribution >= 0.6 is 0 Å². The molecule has 0 fully saturated rings.